The van der Waals surface area contributed by atoms with Crippen LogP contribution in [0.4, 0.5) is 0 Å². The normalized spacial score (nSPS) is 9.25. The molecule has 0 aliphatic carbocycles. The molecule has 0 fully saturated rings. The first-order valence-electron chi connectivity index (χ1n) is 3.58. The van der Waals surface area contributed by atoms with Gasteiger partial charge in [0.05, 0.1) is 7.11 Å². The Balaban J connectivity index is 3.64. The molecule has 0 saturated carbocycles. The molecule has 0 atom stereocenters. The number of likely N-dealkylation sites (N-methyl/N-ethyl adjacent to an activating group) is 1. The molecular formula is C7H13NO4. The van der Waals surface area contributed by atoms with Gasteiger partial charge in [-0.2, -0.15) is 0 Å². The van der Waals surface area contributed by atoms with E-state index >= 15 is 0 Å². The number of rotatable bonds is 4. The van der Waals surface area contributed by atoms with E-state index in [-0.39, 0.29) is 18.9 Å². The Morgan fingerprint density at radius 1 is 1.42 bits per heavy atom. The van der Waals surface area contributed by atoms with Crippen molar-refractivity contribution in [3.05, 3.63) is 0 Å². The number of amides is 1. The quantitative estimate of drug-likeness (QED) is 0.444. The van der Waals surface area contributed by atoms with Crippen molar-refractivity contribution < 1.29 is 19.2 Å². The fraction of sp³-hybridized carbons (Fsp3) is 0.714. The lowest BCUT2D eigenvalue weighted by Gasteiger charge is -2.12. The van der Waals surface area contributed by atoms with E-state index in [0.29, 0.717) is 0 Å². The van der Waals surface area contributed by atoms with E-state index in [1.807, 2.05) is 0 Å². The first-order valence-corrected chi connectivity index (χ1v) is 3.58. The molecule has 0 heterocycles. The van der Waals surface area contributed by atoms with Crippen LogP contribution >= 0.6 is 0 Å². The first kappa shape index (κ1) is 10.9. The molecule has 1 amide bonds. The van der Waals surface area contributed by atoms with Gasteiger partial charge in [0.25, 0.3) is 5.91 Å². The van der Waals surface area contributed by atoms with Crippen LogP contribution in [0.25, 0.3) is 0 Å². The molecule has 0 spiro atoms. The average molecular weight is 175 g/mol. The highest BCUT2D eigenvalue weighted by Crippen LogP contribution is 1.88. The van der Waals surface area contributed by atoms with Crippen molar-refractivity contribution in [1.29, 1.82) is 0 Å². The van der Waals surface area contributed by atoms with Gasteiger partial charge >= 0.3 is 5.97 Å². The molecule has 0 rings (SSSR count). The van der Waals surface area contributed by atoms with Gasteiger partial charge in [-0.25, -0.2) is 5.06 Å². The van der Waals surface area contributed by atoms with Gasteiger partial charge in [0.1, 0.15) is 0 Å². The average Bonchev–Trinajstić information content (AvgIpc) is 2.11. The summed E-state index contributed by atoms with van der Waals surface area (Å²) in [6, 6.07) is 0. The number of hydroxylamine groups is 2. The van der Waals surface area contributed by atoms with Crippen LogP contribution in [-0.4, -0.2) is 37.7 Å². The Labute approximate surface area is 71.2 Å². The molecule has 0 aromatic heterocycles. The molecule has 0 bridgehead atoms. The zero-order valence-corrected chi connectivity index (χ0v) is 7.49. The number of hydrogen-bond acceptors (Lipinski definition) is 4. The number of hydrogen-bond donors (Lipinski definition) is 0. The molecule has 0 radical (unpaired) electrons. The second-order valence-corrected chi connectivity index (χ2v) is 2.09. The van der Waals surface area contributed by atoms with Crippen LogP contribution in [0, 0.1) is 0 Å². The smallest absolute Gasteiger partial charge is 0.306 e. The molecule has 0 N–H and O–H groups in total. The Kier molecular flexibility index (Phi) is 5.03. The third-order valence-electron chi connectivity index (χ3n) is 1.27. The SMILES string of the molecule is CCC(=O)OCC(=O)N(C)OC. The number of carbonyl (C=O) groups excluding carboxylic acids is 2. The standard InChI is InChI=1S/C7H13NO4/c1-4-7(10)12-5-6(9)8(2)11-3/h4-5H2,1-3H3. The summed E-state index contributed by atoms with van der Waals surface area (Å²) in [5.74, 6) is -0.785. The van der Waals surface area contributed by atoms with Crippen LogP contribution < -0.4 is 0 Å². The van der Waals surface area contributed by atoms with Gasteiger partial charge in [-0.3, -0.25) is 14.4 Å². The summed E-state index contributed by atoms with van der Waals surface area (Å²) >= 11 is 0. The highest BCUT2D eigenvalue weighted by Gasteiger charge is 2.09. The van der Waals surface area contributed by atoms with Crippen molar-refractivity contribution in [3.8, 4) is 0 Å². The van der Waals surface area contributed by atoms with Crippen molar-refractivity contribution in [1.82, 2.24) is 5.06 Å². The Bertz CT molecular complexity index is 169. The minimum absolute atomic E-state index is 0.267. The maximum atomic E-state index is 10.9. The molecule has 0 aliphatic heterocycles. The van der Waals surface area contributed by atoms with E-state index in [4.69, 9.17) is 0 Å². The van der Waals surface area contributed by atoms with Crippen LogP contribution in [0.1, 0.15) is 13.3 Å². The van der Waals surface area contributed by atoms with Crippen LogP contribution in [-0.2, 0) is 19.2 Å². The second kappa shape index (κ2) is 5.54. The summed E-state index contributed by atoms with van der Waals surface area (Å²) in [4.78, 5) is 26.1. The summed E-state index contributed by atoms with van der Waals surface area (Å²) in [5, 5.41) is 1.00. The van der Waals surface area contributed by atoms with Gasteiger partial charge < -0.3 is 4.74 Å². The first-order chi connectivity index (χ1) is 5.61. The van der Waals surface area contributed by atoms with Crippen molar-refractivity contribution in [2.24, 2.45) is 0 Å². The van der Waals surface area contributed by atoms with E-state index in [1.54, 1.807) is 6.92 Å². The van der Waals surface area contributed by atoms with Gasteiger partial charge in [-0.1, -0.05) is 6.92 Å². The predicted octanol–water partition coefficient (Wildman–Crippen LogP) is -0.0406. The maximum absolute atomic E-state index is 10.9. The lowest BCUT2D eigenvalue weighted by molar-refractivity contribution is -0.176. The third-order valence-corrected chi connectivity index (χ3v) is 1.27. The maximum Gasteiger partial charge on any atom is 0.306 e. The molecule has 0 aromatic carbocycles. The molecule has 70 valence electrons. The van der Waals surface area contributed by atoms with E-state index in [9.17, 15) is 9.59 Å². The Hall–Kier alpha value is -1.10. The Morgan fingerprint density at radius 3 is 2.42 bits per heavy atom. The van der Waals surface area contributed by atoms with Crippen LogP contribution in [0.3, 0.4) is 0 Å². The number of carbonyl (C=O) groups is 2. The third kappa shape index (κ3) is 3.92. The van der Waals surface area contributed by atoms with Crippen LogP contribution in [0.5, 0.6) is 0 Å². The van der Waals surface area contributed by atoms with E-state index < -0.39 is 5.97 Å². The van der Waals surface area contributed by atoms with Crippen molar-refractivity contribution >= 4 is 11.9 Å². The lowest BCUT2D eigenvalue weighted by Crippen LogP contribution is -2.30. The van der Waals surface area contributed by atoms with Gasteiger partial charge in [-0.15, -0.1) is 0 Å². The van der Waals surface area contributed by atoms with E-state index in [1.165, 1.54) is 14.2 Å². The molecule has 12 heavy (non-hydrogen) atoms. The predicted molar refractivity (Wildman–Crippen MR) is 41.0 cm³/mol. The molecule has 5 nitrogen and oxygen atoms in total. The summed E-state index contributed by atoms with van der Waals surface area (Å²) in [6.45, 7) is 1.39. The molecule has 0 unspecified atom stereocenters. The minimum atomic E-state index is -0.396. The van der Waals surface area contributed by atoms with Crippen LogP contribution in [0.15, 0.2) is 0 Å². The van der Waals surface area contributed by atoms with Crippen molar-refractivity contribution in [2.75, 3.05) is 20.8 Å². The van der Waals surface area contributed by atoms with Gasteiger partial charge in [0, 0.05) is 13.5 Å². The van der Waals surface area contributed by atoms with Gasteiger partial charge in [-0.05, 0) is 0 Å². The number of ether oxygens (including phenoxy) is 1. The topological polar surface area (TPSA) is 55.8 Å². The highest BCUT2D eigenvalue weighted by molar-refractivity contribution is 5.79. The molecule has 0 aromatic rings. The molecule has 0 aliphatic rings. The molecular weight excluding hydrogens is 162 g/mol. The van der Waals surface area contributed by atoms with Gasteiger partial charge in [0.15, 0.2) is 6.61 Å². The summed E-state index contributed by atoms with van der Waals surface area (Å²) in [7, 11) is 2.81. The molecule has 5 heteroatoms. The summed E-state index contributed by atoms with van der Waals surface area (Å²) in [5.41, 5.74) is 0. The largest absolute Gasteiger partial charge is 0.455 e. The number of nitrogens with zero attached hydrogens (tertiary/aromatic N) is 1. The zero-order valence-electron chi connectivity index (χ0n) is 7.49. The summed E-state index contributed by atoms with van der Waals surface area (Å²) < 4.78 is 4.57. The molecule has 0 saturated heterocycles. The Morgan fingerprint density at radius 2 is 2.00 bits per heavy atom. The van der Waals surface area contributed by atoms with Crippen molar-refractivity contribution in [2.45, 2.75) is 13.3 Å². The fourth-order valence-electron chi connectivity index (χ4n) is 0.437. The monoisotopic (exact) mass is 175 g/mol. The van der Waals surface area contributed by atoms with E-state index in [0.717, 1.165) is 5.06 Å². The van der Waals surface area contributed by atoms with Gasteiger partial charge in [0.2, 0.25) is 0 Å². The van der Waals surface area contributed by atoms with E-state index in [2.05, 4.69) is 9.57 Å². The van der Waals surface area contributed by atoms with Crippen molar-refractivity contribution in [3.63, 3.8) is 0 Å². The fourth-order valence-corrected chi connectivity index (χ4v) is 0.437. The van der Waals surface area contributed by atoms with Crippen LogP contribution in [0.2, 0.25) is 0 Å². The summed E-state index contributed by atoms with van der Waals surface area (Å²) in [6.07, 6.45) is 0.268. The number of esters is 1. The highest BCUT2D eigenvalue weighted by atomic mass is 16.7. The second-order valence-electron chi connectivity index (χ2n) is 2.09. The zero-order chi connectivity index (χ0) is 9.56. The minimum Gasteiger partial charge on any atom is -0.455 e. The lowest BCUT2D eigenvalue weighted by atomic mass is 10.5.